The van der Waals surface area contributed by atoms with Crippen LogP contribution in [0.4, 0.5) is 10.2 Å². The number of nitrogens with zero attached hydrogens (tertiary/aromatic N) is 3. The lowest BCUT2D eigenvalue weighted by Crippen LogP contribution is -2.36. The molecule has 1 aromatic heterocycles. The molecule has 22 heavy (non-hydrogen) atoms. The van der Waals surface area contributed by atoms with Gasteiger partial charge in [0.05, 0.1) is 13.2 Å². The first kappa shape index (κ1) is 14.7. The van der Waals surface area contributed by atoms with Gasteiger partial charge in [-0.15, -0.1) is 0 Å². The molecule has 0 unspecified atom stereocenters. The van der Waals surface area contributed by atoms with Gasteiger partial charge in [-0.1, -0.05) is 0 Å². The number of hydrogen-bond acceptors (Lipinski definition) is 5. The first-order valence-corrected chi connectivity index (χ1v) is 7.27. The van der Waals surface area contributed by atoms with Gasteiger partial charge in [0.2, 0.25) is 0 Å². The average molecular weight is 303 g/mol. The highest BCUT2D eigenvalue weighted by atomic mass is 19.1. The van der Waals surface area contributed by atoms with Gasteiger partial charge in [0, 0.05) is 24.8 Å². The maximum absolute atomic E-state index is 13.8. The minimum absolute atomic E-state index is 0.199. The first-order valence-electron chi connectivity index (χ1n) is 7.27. The molecule has 6 heteroatoms. The Morgan fingerprint density at radius 3 is 2.73 bits per heavy atom. The molecular formula is C16H18FN3O2. The fourth-order valence-corrected chi connectivity index (χ4v) is 2.56. The van der Waals surface area contributed by atoms with Crippen molar-refractivity contribution < 1.29 is 14.2 Å². The van der Waals surface area contributed by atoms with Gasteiger partial charge < -0.3 is 14.7 Å². The lowest BCUT2D eigenvalue weighted by atomic mass is 10.1. The average Bonchev–Trinajstić information content (AvgIpc) is 2.55. The van der Waals surface area contributed by atoms with Crippen LogP contribution in [0.25, 0.3) is 11.4 Å². The number of benzene rings is 1. The number of aliphatic hydroxyl groups excluding tert-OH is 1. The second-order valence-corrected chi connectivity index (χ2v) is 5.31. The zero-order valence-electron chi connectivity index (χ0n) is 12.4. The third-order valence-electron chi connectivity index (χ3n) is 3.84. The largest absolute Gasteiger partial charge is 0.494 e. The molecule has 1 fully saturated rings. The molecule has 1 aliphatic heterocycles. The Bertz CT molecular complexity index is 658. The van der Waals surface area contributed by atoms with Crippen LogP contribution in [-0.2, 0) is 0 Å². The highest BCUT2D eigenvalue weighted by Crippen LogP contribution is 2.25. The molecule has 0 bridgehead atoms. The van der Waals surface area contributed by atoms with E-state index < -0.39 is 5.82 Å². The van der Waals surface area contributed by atoms with E-state index in [0.29, 0.717) is 11.4 Å². The molecule has 0 aliphatic carbocycles. The van der Waals surface area contributed by atoms with Gasteiger partial charge in [0.25, 0.3) is 0 Å². The summed E-state index contributed by atoms with van der Waals surface area (Å²) in [6, 6.07) is 6.51. The summed E-state index contributed by atoms with van der Waals surface area (Å²) in [5, 5.41) is 9.57. The number of anilines is 1. The van der Waals surface area contributed by atoms with Crippen LogP contribution in [0.2, 0.25) is 0 Å². The molecule has 0 spiro atoms. The Labute approximate surface area is 128 Å². The van der Waals surface area contributed by atoms with E-state index in [2.05, 4.69) is 14.9 Å². The quantitative estimate of drug-likeness (QED) is 0.942. The molecule has 2 aromatic rings. The summed E-state index contributed by atoms with van der Waals surface area (Å²) in [5.74, 6) is 1.04. The monoisotopic (exact) mass is 303 g/mol. The van der Waals surface area contributed by atoms with E-state index in [1.807, 2.05) is 6.07 Å². The highest BCUT2D eigenvalue weighted by molar-refractivity contribution is 5.58. The lowest BCUT2D eigenvalue weighted by molar-refractivity contribution is 0.145. The number of hydrogen-bond donors (Lipinski definition) is 1. The van der Waals surface area contributed by atoms with Crippen molar-refractivity contribution in [2.45, 2.75) is 18.9 Å². The standard InChI is InChI=1S/C16H18FN3O2/c1-22-14-3-2-11(10-13(14)17)16-18-7-4-15(19-16)20-8-5-12(21)6-9-20/h2-4,7,10,12,21H,5-6,8-9H2,1H3. The van der Waals surface area contributed by atoms with Crippen LogP contribution in [0.15, 0.2) is 30.5 Å². The van der Waals surface area contributed by atoms with Gasteiger partial charge in [-0.05, 0) is 37.1 Å². The van der Waals surface area contributed by atoms with Crippen LogP contribution < -0.4 is 9.64 Å². The number of aliphatic hydroxyl groups is 1. The molecule has 0 radical (unpaired) electrons. The van der Waals surface area contributed by atoms with Crippen LogP contribution in [0.5, 0.6) is 5.75 Å². The molecule has 1 saturated heterocycles. The third kappa shape index (κ3) is 3.01. The van der Waals surface area contributed by atoms with E-state index in [1.165, 1.54) is 13.2 Å². The predicted octanol–water partition coefficient (Wildman–Crippen LogP) is 2.25. The summed E-state index contributed by atoms with van der Waals surface area (Å²) in [5.41, 5.74) is 0.609. The van der Waals surface area contributed by atoms with Gasteiger partial charge in [-0.25, -0.2) is 14.4 Å². The summed E-state index contributed by atoms with van der Waals surface area (Å²) < 4.78 is 18.7. The smallest absolute Gasteiger partial charge is 0.165 e. The minimum Gasteiger partial charge on any atom is -0.494 e. The zero-order valence-corrected chi connectivity index (χ0v) is 12.4. The Balaban J connectivity index is 1.86. The van der Waals surface area contributed by atoms with Crippen LogP contribution in [-0.4, -0.2) is 41.4 Å². The maximum Gasteiger partial charge on any atom is 0.165 e. The normalized spacial score (nSPS) is 15.9. The van der Waals surface area contributed by atoms with Crippen molar-refractivity contribution in [3.8, 4) is 17.1 Å². The highest BCUT2D eigenvalue weighted by Gasteiger charge is 2.18. The molecule has 1 N–H and O–H groups in total. The van der Waals surface area contributed by atoms with E-state index in [1.54, 1.807) is 18.3 Å². The Morgan fingerprint density at radius 2 is 2.05 bits per heavy atom. The van der Waals surface area contributed by atoms with Crippen molar-refractivity contribution in [3.05, 3.63) is 36.3 Å². The Morgan fingerprint density at radius 1 is 1.27 bits per heavy atom. The van der Waals surface area contributed by atoms with E-state index in [9.17, 15) is 9.50 Å². The first-order chi connectivity index (χ1) is 10.7. The van der Waals surface area contributed by atoms with Crippen molar-refractivity contribution >= 4 is 5.82 Å². The molecule has 116 valence electrons. The fourth-order valence-electron chi connectivity index (χ4n) is 2.56. The second kappa shape index (κ2) is 6.27. The van der Waals surface area contributed by atoms with Crippen LogP contribution in [0.1, 0.15) is 12.8 Å². The van der Waals surface area contributed by atoms with E-state index in [4.69, 9.17) is 4.74 Å². The van der Waals surface area contributed by atoms with E-state index in [-0.39, 0.29) is 11.9 Å². The van der Waals surface area contributed by atoms with Gasteiger partial charge in [-0.2, -0.15) is 0 Å². The SMILES string of the molecule is COc1ccc(-c2nccc(N3CCC(O)CC3)n2)cc1F. The number of halogens is 1. The summed E-state index contributed by atoms with van der Waals surface area (Å²) in [6.45, 7) is 1.52. The number of ether oxygens (including phenoxy) is 1. The summed E-state index contributed by atoms with van der Waals surface area (Å²) in [6.07, 6.45) is 2.91. The molecule has 1 aliphatic rings. The van der Waals surface area contributed by atoms with Crippen molar-refractivity contribution in [1.29, 1.82) is 0 Å². The number of rotatable bonds is 3. The second-order valence-electron chi connectivity index (χ2n) is 5.31. The van der Waals surface area contributed by atoms with Gasteiger partial charge in [-0.3, -0.25) is 0 Å². The number of methoxy groups -OCH3 is 1. The van der Waals surface area contributed by atoms with Crippen LogP contribution in [0.3, 0.4) is 0 Å². The van der Waals surface area contributed by atoms with Crippen molar-refractivity contribution in [1.82, 2.24) is 9.97 Å². The molecular weight excluding hydrogens is 285 g/mol. The molecule has 0 amide bonds. The predicted molar refractivity (Wildman–Crippen MR) is 81.4 cm³/mol. The zero-order chi connectivity index (χ0) is 15.5. The van der Waals surface area contributed by atoms with Gasteiger partial charge >= 0.3 is 0 Å². The molecule has 0 atom stereocenters. The molecule has 0 saturated carbocycles. The van der Waals surface area contributed by atoms with Gasteiger partial charge in [0.15, 0.2) is 17.4 Å². The van der Waals surface area contributed by atoms with E-state index in [0.717, 1.165) is 31.7 Å². The molecule has 1 aromatic carbocycles. The Kier molecular flexibility index (Phi) is 4.20. The lowest BCUT2D eigenvalue weighted by Gasteiger charge is -2.30. The van der Waals surface area contributed by atoms with Crippen molar-refractivity contribution in [2.24, 2.45) is 0 Å². The van der Waals surface area contributed by atoms with Gasteiger partial charge in [0.1, 0.15) is 5.82 Å². The number of piperidine rings is 1. The molecule has 5 nitrogen and oxygen atoms in total. The summed E-state index contributed by atoms with van der Waals surface area (Å²) in [4.78, 5) is 10.8. The number of aromatic nitrogens is 2. The minimum atomic E-state index is -0.435. The Hall–Kier alpha value is -2.21. The molecule has 2 heterocycles. The van der Waals surface area contributed by atoms with Crippen LogP contribution in [0, 0.1) is 5.82 Å². The van der Waals surface area contributed by atoms with Crippen molar-refractivity contribution in [2.75, 3.05) is 25.1 Å². The van der Waals surface area contributed by atoms with Crippen LogP contribution >= 0.6 is 0 Å². The van der Waals surface area contributed by atoms with E-state index >= 15 is 0 Å². The maximum atomic E-state index is 13.8. The summed E-state index contributed by atoms with van der Waals surface area (Å²) >= 11 is 0. The third-order valence-corrected chi connectivity index (χ3v) is 3.84. The topological polar surface area (TPSA) is 58.5 Å². The summed E-state index contributed by atoms with van der Waals surface area (Å²) in [7, 11) is 1.43. The fraction of sp³-hybridized carbons (Fsp3) is 0.375. The molecule has 3 rings (SSSR count). The van der Waals surface area contributed by atoms with Crippen molar-refractivity contribution in [3.63, 3.8) is 0 Å².